The van der Waals surface area contributed by atoms with Gasteiger partial charge in [0.1, 0.15) is 5.82 Å². The summed E-state index contributed by atoms with van der Waals surface area (Å²) >= 11 is 6.07. The topological polar surface area (TPSA) is 78.5 Å². The molecule has 0 spiro atoms. The van der Waals surface area contributed by atoms with Gasteiger partial charge in [-0.15, -0.1) is 0 Å². The number of nitrogens with one attached hydrogen (secondary N) is 2. The zero-order valence-corrected chi connectivity index (χ0v) is 16.2. The number of sulfonamides is 1. The van der Waals surface area contributed by atoms with Crippen LogP contribution in [0.3, 0.4) is 0 Å². The number of carbonyl (C=O) groups is 1. The normalized spacial score (nSPS) is 11.5. The smallest absolute Gasteiger partial charge is 0.286 e. The first-order valence-corrected chi connectivity index (χ1v) is 10.1. The van der Waals surface area contributed by atoms with E-state index in [1.54, 1.807) is 17.6 Å². The summed E-state index contributed by atoms with van der Waals surface area (Å²) in [5, 5.41) is 0.198. The summed E-state index contributed by atoms with van der Waals surface area (Å²) < 4.78 is 63.9. The molecule has 0 aliphatic heterocycles. The van der Waals surface area contributed by atoms with Crippen molar-refractivity contribution in [2.45, 2.75) is 19.5 Å². The number of rotatable bonds is 8. The van der Waals surface area contributed by atoms with Gasteiger partial charge in [0.25, 0.3) is 0 Å². The fourth-order valence-electron chi connectivity index (χ4n) is 2.31. The van der Waals surface area contributed by atoms with Gasteiger partial charge in [0, 0.05) is 12.1 Å². The van der Waals surface area contributed by atoms with Gasteiger partial charge >= 0.3 is 12.3 Å². The average Bonchev–Trinajstić information content (AvgIpc) is 2.60. The van der Waals surface area contributed by atoms with Crippen LogP contribution in [0.25, 0.3) is 0 Å². The van der Waals surface area contributed by atoms with E-state index >= 15 is 0 Å². The highest BCUT2D eigenvalue weighted by Gasteiger charge is 2.21. The molecular formula is C17H17ClF3N3O3S. The molecule has 0 saturated heterocycles. The number of halogens is 4. The minimum atomic E-state index is -3.75. The van der Waals surface area contributed by atoms with Gasteiger partial charge in [-0.2, -0.15) is 8.78 Å². The van der Waals surface area contributed by atoms with E-state index in [4.69, 9.17) is 11.6 Å². The molecule has 0 atom stereocenters. The highest BCUT2D eigenvalue weighted by Crippen LogP contribution is 2.29. The third kappa shape index (κ3) is 5.85. The number of para-hydroxylation sites is 1. The zero-order chi connectivity index (χ0) is 20.9. The number of hydrogen-bond donors (Lipinski definition) is 2. The molecule has 0 aliphatic rings. The molecule has 0 aromatic heterocycles. The molecule has 2 rings (SSSR count). The van der Waals surface area contributed by atoms with E-state index in [1.807, 2.05) is 0 Å². The fourth-order valence-corrected chi connectivity index (χ4v) is 3.48. The number of hydrogen-bond acceptors (Lipinski definition) is 4. The number of alkyl halides is 2. The highest BCUT2D eigenvalue weighted by molar-refractivity contribution is 7.92. The maximum atomic E-state index is 14.4. The van der Waals surface area contributed by atoms with Crippen LogP contribution in [0.2, 0.25) is 5.02 Å². The standard InChI is InChI=1S/C17H17ClF3N3O3S/c1-28(26,27)24(15-5-3-2-4-13(15)18)10-12-7-6-11(8-14(12)19)9-22-23-17(25)16(20)21/h2-8,16,22H,9-10H2,1H3,(H,23,25). The second-order valence-electron chi connectivity index (χ2n) is 5.79. The minimum Gasteiger partial charge on any atom is -0.286 e. The van der Waals surface area contributed by atoms with Crippen molar-refractivity contribution in [1.29, 1.82) is 0 Å². The maximum Gasteiger partial charge on any atom is 0.316 e. The van der Waals surface area contributed by atoms with Gasteiger partial charge in [-0.3, -0.25) is 14.5 Å². The summed E-state index contributed by atoms with van der Waals surface area (Å²) in [6.45, 7) is -0.389. The Bertz CT molecular complexity index is 958. The van der Waals surface area contributed by atoms with Crippen LogP contribution >= 0.6 is 11.6 Å². The molecule has 11 heteroatoms. The Morgan fingerprint density at radius 2 is 1.89 bits per heavy atom. The second-order valence-corrected chi connectivity index (χ2v) is 8.10. The quantitative estimate of drug-likeness (QED) is 0.625. The first kappa shape index (κ1) is 22.0. The summed E-state index contributed by atoms with van der Waals surface area (Å²) in [6.07, 6.45) is -2.18. The van der Waals surface area contributed by atoms with Crippen molar-refractivity contribution in [3.8, 4) is 0 Å². The van der Waals surface area contributed by atoms with Crippen LogP contribution in [0.15, 0.2) is 42.5 Å². The monoisotopic (exact) mass is 435 g/mol. The molecule has 0 aliphatic carbocycles. The van der Waals surface area contributed by atoms with Gasteiger partial charge in [-0.1, -0.05) is 35.9 Å². The minimum absolute atomic E-state index is 0.0886. The van der Waals surface area contributed by atoms with Crippen molar-refractivity contribution in [2.75, 3.05) is 10.6 Å². The molecule has 152 valence electrons. The first-order chi connectivity index (χ1) is 13.1. The molecule has 28 heavy (non-hydrogen) atoms. The number of carbonyl (C=O) groups excluding carboxylic acids is 1. The predicted octanol–water partition coefficient (Wildman–Crippen LogP) is 2.83. The molecule has 0 heterocycles. The molecule has 0 bridgehead atoms. The van der Waals surface area contributed by atoms with Crippen LogP contribution in [-0.2, 0) is 27.9 Å². The number of hydrazine groups is 1. The molecular weight excluding hydrogens is 419 g/mol. The number of benzene rings is 2. The average molecular weight is 436 g/mol. The van der Waals surface area contributed by atoms with Crippen molar-refractivity contribution in [3.05, 3.63) is 64.4 Å². The molecule has 1 amide bonds. The van der Waals surface area contributed by atoms with Crippen molar-refractivity contribution in [2.24, 2.45) is 0 Å². The summed E-state index contributed by atoms with van der Waals surface area (Å²) in [5.41, 5.74) is 4.70. The van der Waals surface area contributed by atoms with Gasteiger partial charge < -0.3 is 0 Å². The Hall–Kier alpha value is -2.30. The SMILES string of the molecule is CS(=O)(=O)N(Cc1ccc(CNNC(=O)C(F)F)cc1F)c1ccccc1Cl. The fraction of sp³-hybridized carbons (Fsp3) is 0.235. The van der Waals surface area contributed by atoms with Crippen molar-refractivity contribution >= 4 is 33.2 Å². The summed E-state index contributed by atoms with van der Waals surface area (Å²) in [6, 6.07) is 10.2. The van der Waals surface area contributed by atoms with Gasteiger partial charge in [-0.25, -0.2) is 18.2 Å². The van der Waals surface area contributed by atoms with Crippen LogP contribution < -0.4 is 15.2 Å². The van der Waals surface area contributed by atoms with Crippen molar-refractivity contribution < 1.29 is 26.4 Å². The lowest BCUT2D eigenvalue weighted by Gasteiger charge is -2.24. The van der Waals surface area contributed by atoms with Crippen LogP contribution in [0.4, 0.5) is 18.9 Å². The van der Waals surface area contributed by atoms with E-state index in [-0.39, 0.29) is 29.4 Å². The molecule has 0 saturated carbocycles. The van der Waals surface area contributed by atoms with E-state index < -0.39 is 28.2 Å². The van der Waals surface area contributed by atoms with Gasteiger partial charge in [0.15, 0.2) is 0 Å². The van der Waals surface area contributed by atoms with Crippen LogP contribution in [0, 0.1) is 5.82 Å². The van der Waals surface area contributed by atoms with Crippen LogP contribution in [0.1, 0.15) is 11.1 Å². The Balaban J connectivity index is 2.16. The van der Waals surface area contributed by atoms with E-state index in [0.29, 0.717) is 5.56 Å². The lowest BCUT2D eigenvalue weighted by molar-refractivity contribution is -0.132. The maximum absolute atomic E-state index is 14.4. The Morgan fingerprint density at radius 1 is 1.21 bits per heavy atom. The van der Waals surface area contributed by atoms with Crippen molar-refractivity contribution in [3.63, 3.8) is 0 Å². The van der Waals surface area contributed by atoms with Gasteiger partial charge in [0.05, 0.1) is 23.5 Å². The van der Waals surface area contributed by atoms with E-state index in [9.17, 15) is 26.4 Å². The third-order valence-electron chi connectivity index (χ3n) is 3.66. The largest absolute Gasteiger partial charge is 0.316 e. The van der Waals surface area contributed by atoms with E-state index in [2.05, 4.69) is 5.43 Å². The highest BCUT2D eigenvalue weighted by atomic mass is 35.5. The van der Waals surface area contributed by atoms with E-state index in [1.165, 1.54) is 24.3 Å². The summed E-state index contributed by atoms with van der Waals surface area (Å²) in [5.74, 6) is -2.19. The molecule has 0 radical (unpaired) electrons. The van der Waals surface area contributed by atoms with E-state index in [0.717, 1.165) is 16.6 Å². The Morgan fingerprint density at radius 3 is 2.46 bits per heavy atom. The molecule has 2 aromatic carbocycles. The second kappa shape index (κ2) is 9.26. The predicted molar refractivity (Wildman–Crippen MR) is 99.9 cm³/mol. The molecule has 0 unspecified atom stereocenters. The lowest BCUT2D eigenvalue weighted by Crippen LogP contribution is -2.40. The van der Waals surface area contributed by atoms with Gasteiger partial charge in [0.2, 0.25) is 10.0 Å². The molecule has 2 N–H and O–H groups in total. The van der Waals surface area contributed by atoms with Crippen molar-refractivity contribution in [1.82, 2.24) is 10.9 Å². The summed E-state index contributed by atoms with van der Waals surface area (Å²) in [7, 11) is -3.75. The third-order valence-corrected chi connectivity index (χ3v) is 5.10. The molecule has 0 fully saturated rings. The first-order valence-electron chi connectivity index (χ1n) is 7.90. The lowest BCUT2D eigenvalue weighted by atomic mass is 10.1. The molecule has 2 aromatic rings. The number of nitrogens with zero attached hydrogens (tertiary/aromatic N) is 1. The number of amides is 1. The van der Waals surface area contributed by atoms with Crippen LogP contribution in [0.5, 0.6) is 0 Å². The Labute approximate surface area is 165 Å². The number of anilines is 1. The zero-order valence-electron chi connectivity index (χ0n) is 14.6. The van der Waals surface area contributed by atoms with Gasteiger partial charge in [-0.05, 0) is 23.8 Å². The molecule has 6 nitrogen and oxygen atoms in total. The Kier molecular flexibility index (Phi) is 7.28. The summed E-state index contributed by atoms with van der Waals surface area (Å²) in [4.78, 5) is 10.8. The van der Waals surface area contributed by atoms with Crippen LogP contribution in [-0.4, -0.2) is 27.0 Å².